The molecule has 0 bridgehead atoms. The molecule has 0 radical (unpaired) electrons. The number of aromatic nitrogens is 1. The maximum atomic E-state index is 12.7. The fourth-order valence-electron chi connectivity index (χ4n) is 2.95. The monoisotopic (exact) mass is 306 g/mol. The van der Waals surface area contributed by atoms with Gasteiger partial charge in [0.2, 0.25) is 0 Å². The maximum Gasteiger partial charge on any atom is 0.256 e. The highest BCUT2D eigenvalue weighted by Gasteiger charge is 2.33. The number of sulfone groups is 1. The molecule has 0 saturated carbocycles. The van der Waals surface area contributed by atoms with E-state index in [1.165, 1.54) is 0 Å². The number of aryl methyl sites for hydroxylation is 1. The summed E-state index contributed by atoms with van der Waals surface area (Å²) in [6, 6.07) is 7.50. The Balaban J connectivity index is 1.94. The first-order valence-electron chi connectivity index (χ1n) is 6.91. The van der Waals surface area contributed by atoms with Crippen LogP contribution in [-0.2, 0) is 16.9 Å². The maximum absolute atomic E-state index is 12.7. The summed E-state index contributed by atoms with van der Waals surface area (Å²) in [6.45, 7) is 0. The number of amides is 1. The lowest BCUT2D eigenvalue weighted by molar-refractivity contribution is 0.0749. The SMILES string of the molecule is CN(C(=O)c1cn(C)c2ccccc12)[C@H]1CCS(=O)(=O)C1. The van der Waals surface area contributed by atoms with Gasteiger partial charge >= 0.3 is 0 Å². The van der Waals surface area contributed by atoms with Gasteiger partial charge in [0.05, 0.1) is 17.1 Å². The summed E-state index contributed by atoms with van der Waals surface area (Å²) >= 11 is 0. The molecule has 1 amide bonds. The predicted octanol–water partition coefficient (Wildman–Crippen LogP) is 1.44. The largest absolute Gasteiger partial charge is 0.350 e. The molecule has 3 rings (SSSR count). The molecular formula is C15H18N2O3S. The van der Waals surface area contributed by atoms with Crippen LogP contribution in [0.5, 0.6) is 0 Å². The Hall–Kier alpha value is -1.82. The topological polar surface area (TPSA) is 59.4 Å². The van der Waals surface area contributed by atoms with Crippen molar-refractivity contribution >= 4 is 26.6 Å². The zero-order chi connectivity index (χ0) is 15.2. The van der Waals surface area contributed by atoms with E-state index in [0.717, 1.165) is 10.9 Å². The molecule has 1 saturated heterocycles. The number of hydrogen-bond acceptors (Lipinski definition) is 3. The zero-order valence-corrected chi connectivity index (χ0v) is 12.9. The van der Waals surface area contributed by atoms with E-state index in [2.05, 4.69) is 0 Å². The molecule has 0 aliphatic carbocycles. The predicted molar refractivity (Wildman–Crippen MR) is 82.1 cm³/mol. The van der Waals surface area contributed by atoms with E-state index in [0.29, 0.717) is 12.0 Å². The molecule has 0 spiro atoms. The average Bonchev–Trinajstić information content (AvgIpc) is 2.98. The van der Waals surface area contributed by atoms with Crippen LogP contribution in [0.3, 0.4) is 0 Å². The molecule has 1 aliphatic heterocycles. The summed E-state index contributed by atoms with van der Waals surface area (Å²) < 4.78 is 25.1. The van der Waals surface area contributed by atoms with Crippen LogP contribution in [0.2, 0.25) is 0 Å². The van der Waals surface area contributed by atoms with Crippen molar-refractivity contribution in [1.29, 1.82) is 0 Å². The highest BCUT2D eigenvalue weighted by molar-refractivity contribution is 7.91. The first kappa shape index (κ1) is 14.1. The lowest BCUT2D eigenvalue weighted by Crippen LogP contribution is -2.37. The van der Waals surface area contributed by atoms with Crippen LogP contribution in [0.4, 0.5) is 0 Å². The molecule has 2 heterocycles. The van der Waals surface area contributed by atoms with Gasteiger partial charge in [0.15, 0.2) is 9.84 Å². The average molecular weight is 306 g/mol. The first-order valence-corrected chi connectivity index (χ1v) is 8.73. The Morgan fingerprint density at radius 2 is 2.05 bits per heavy atom. The summed E-state index contributed by atoms with van der Waals surface area (Å²) in [5.41, 5.74) is 1.62. The standard InChI is InChI=1S/C15H18N2O3S/c1-16-9-13(12-5-3-4-6-14(12)16)15(18)17(2)11-7-8-21(19,20)10-11/h3-6,9,11H,7-8,10H2,1-2H3/t11-/m0/s1. The lowest BCUT2D eigenvalue weighted by atomic mass is 10.1. The normalized spacial score (nSPS) is 20.8. The summed E-state index contributed by atoms with van der Waals surface area (Å²) in [5.74, 6) is 0.124. The third-order valence-corrected chi connectivity index (χ3v) is 5.95. The molecule has 0 unspecified atom stereocenters. The number of para-hydroxylation sites is 1. The van der Waals surface area contributed by atoms with Gasteiger partial charge in [-0.15, -0.1) is 0 Å². The van der Waals surface area contributed by atoms with Gasteiger partial charge < -0.3 is 9.47 Å². The van der Waals surface area contributed by atoms with Crippen molar-refractivity contribution in [2.24, 2.45) is 7.05 Å². The van der Waals surface area contributed by atoms with Crippen molar-refractivity contribution in [2.45, 2.75) is 12.5 Å². The number of nitrogens with zero attached hydrogens (tertiary/aromatic N) is 2. The van der Waals surface area contributed by atoms with Crippen LogP contribution in [-0.4, -0.2) is 48.4 Å². The second-order valence-electron chi connectivity index (χ2n) is 5.64. The fraction of sp³-hybridized carbons (Fsp3) is 0.400. The molecule has 0 N–H and O–H groups in total. The summed E-state index contributed by atoms with van der Waals surface area (Å²) in [7, 11) is 0.599. The molecule has 1 aromatic carbocycles. The summed E-state index contributed by atoms with van der Waals surface area (Å²) in [4.78, 5) is 14.3. The van der Waals surface area contributed by atoms with Crippen LogP contribution in [0.1, 0.15) is 16.8 Å². The second kappa shape index (κ2) is 4.87. The summed E-state index contributed by atoms with van der Waals surface area (Å²) in [5, 5.41) is 0.901. The minimum atomic E-state index is -2.99. The molecular weight excluding hydrogens is 288 g/mol. The molecule has 21 heavy (non-hydrogen) atoms. The minimum absolute atomic E-state index is 0.0695. The Morgan fingerprint density at radius 1 is 1.33 bits per heavy atom. The van der Waals surface area contributed by atoms with Crippen molar-refractivity contribution < 1.29 is 13.2 Å². The van der Waals surface area contributed by atoms with Crippen LogP contribution < -0.4 is 0 Å². The number of fused-ring (bicyclic) bond motifs is 1. The van der Waals surface area contributed by atoms with Gasteiger partial charge in [-0.3, -0.25) is 4.79 Å². The summed E-state index contributed by atoms with van der Waals surface area (Å²) in [6.07, 6.45) is 2.34. The highest BCUT2D eigenvalue weighted by atomic mass is 32.2. The quantitative estimate of drug-likeness (QED) is 0.843. The van der Waals surface area contributed by atoms with E-state index >= 15 is 0 Å². The minimum Gasteiger partial charge on any atom is -0.350 e. The number of hydrogen-bond donors (Lipinski definition) is 0. The van der Waals surface area contributed by atoms with E-state index in [4.69, 9.17) is 0 Å². The van der Waals surface area contributed by atoms with Crippen molar-refractivity contribution in [2.75, 3.05) is 18.6 Å². The molecule has 6 heteroatoms. The van der Waals surface area contributed by atoms with Crippen LogP contribution in [0.25, 0.3) is 10.9 Å². The van der Waals surface area contributed by atoms with Crippen LogP contribution in [0.15, 0.2) is 30.5 Å². The molecule has 1 aliphatic rings. The van der Waals surface area contributed by atoms with Crippen LogP contribution >= 0.6 is 0 Å². The Bertz CT molecular complexity index is 807. The number of rotatable bonds is 2. The Kier molecular flexibility index (Phi) is 3.28. The van der Waals surface area contributed by atoms with Gasteiger partial charge in [-0.05, 0) is 12.5 Å². The molecule has 5 nitrogen and oxygen atoms in total. The third kappa shape index (κ3) is 2.44. The van der Waals surface area contributed by atoms with Crippen molar-refractivity contribution in [1.82, 2.24) is 9.47 Å². The zero-order valence-electron chi connectivity index (χ0n) is 12.1. The van der Waals surface area contributed by atoms with Gasteiger partial charge in [0.25, 0.3) is 5.91 Å². The van der Waals surface area contributed by atoms with Crippen LogP contribution in [0, 0.1) is 0 Å². The number of carbonyl (C=O) groups excluding carboxylic acids is 1. The fourth-order valence-corrected chi connectivity index (χ4v) is 4.72. The van der Waals surface area contributed by atoms with Gasteiger partial charge in [0, 0.05) is 37.2 Å². The van der Waals surface area contributed by atoms with E-state index in [1.807, 2.05) is 42.1 Å². The molecule has 2 aromatic rings. The van der Waals surface area contributed by atoms with E-state index in [9.17, 15) is 13.2 Å². The lowest BCUT2D eigenvalue weighted by Gasteiger charge is -2.23. The van der Waals surface area contributed by atoms with Gasteiger partial charge in [-0.1, -0.05) is 18.2 Å². The van der Waals surface area contributed by atoms with E-state index in [-0.39, 0.29) is 23.5 Å². The van der Waals surface area contributed by atoms with Gasteiger partial charge in [-0.25, -0.2) is 8.42 Å². The Morgan fingerprint density at radius 3 is 2.71 bits per heavy atom. The molecule has 1 aromatic heterocycles. The van der Waals surface area contributed by atoms with Crippen molar-refractivity contribution in [3.8, 4) is 0 Å². The Labute approximate surface area is 124 Å². The first-order chi connectivity index (χ1) is 9.89. The number of benzene rings is 1. The molecule has 112 valence electrons. The molecule has 1 atom stereocenters. The van der Waals surface area contributed by atoms with E-state index < -0.39 is 9.84 Å². The second-order valence-corrected chi connectivity index (χ2v) is 7.87. The van der Waals surface area contributed by atoms with Crippen molar-refractivity contribution in [3.05, 3.63) is 36.0 Å². The van der Waals surface area contributed by atoms with E-state index in [1.54, 1.807) is 11.9 Å². The smallest absolute Gasteiger partial charge is 0.256 e. The van der Waals surface area contributed by atoms with Crippen molar-refractivity contribution in [3.63, 3.8) is 0 Å². The highest BCUT2D eigenvalue weighted by Crippen LogP contribution is 2.24. The van der Waals surface area contributed by atoms with Gasteiger partial charge in [-0.2, -0.15) is 0 Å². The third-order valence-electron chi connectivity index (χ3n) is 4.20. The number of carbonyl (C=O) groups is 1. The molecule has 1 fully saturated rings. The van der Waals surface area contributed by atoms with Gasteiger partial charge in [0.1, 0.15) is 0 Å².